The fourth-order valence-electron chi connectivity index (χ4n) is 2.80. The van der Waals surface area contributed by atoms with Gasteiger partial charge in [-0.2, -0.15) is 0 Å². The third kappa shape index (κ3) is 2.72. The predicted octanol–water partition coefficient (Wildman–Crippen LogP) is -0.936. The van der Waals surface area contributed by atoms with Crippen LogP contribution < -0.4 is 0 Å². The van der Waals surface area contributed by atoms with Gasteiger partial charge in [-0.25, -0.2) is 19.2 Å². The highest BCUT2D eigenvalue weighted by atomic mass is 16.4. The molecule has 1 aliphatic carbocycles. The molecule has 1 saturated carbocycles. The van der Waals surface area contributed by atoms with Crippen LogP contribution in [0.5, 0.6) is 0 Å². The average Bonchev–Trinajstić information content (AvgIpc) is 2.09. The van der Waals surface area contributed by atoms with E-state index in [1.54, 1.807) is 0 Å². The Morgan fingerprint density at radius 1 is 0.800 bits per heavy atom. The molecule has 0 spiro atoms. The van der Waals surface area contributed by atoms with Gasteiger partial charge in [0.05, 0.1) is 0 Å². The molecule has 0 radical (unpaired) electrons. The zero-order chi connectivity index (χ0) is 15.6. The standard InChI is InChI=1S/C11H15NO8/c13-7(14)4-12(5-8(15)16,6-9(17)18)11(10(19)20)2-1-3-11/h1-6H2,(H3-,13,14,15,16,17,18,19,20)/p+1. The molecule has 1 rings (SSSR count). The van der Waals surface area contributed by atoms with Crippen molar-refractivity contribution in [3.8, 4) is 0 Å². The Labute approximate surface area is 113 Å². The summed E-state index contributed by atoms with van der Waals surface area (Å²) < 4.78 is -1.01. The molecule has 0 unspecified atom stereocenters. The Morgan fingerprint density at radius 2 is 1.15 bits per heavy atom. The van der Waals surface area contributed by atoms with E-state index in [0.717, 1.165) is 0 Å². The summed E-state index contributed by atoms with van der Waals surface area (Å²) in [4.78, 5) is 44.5. The van der Waals surface area contributed by atoms with Crippen molar-refractivity contribution in [1.29, 1.82) is 0 Å². The van der Waals surface area contributed by atoms with Crippen LogP contribution in [0.2, 0.25) is 0 Å². The lowest BCUT2D eigenvalue weighted by molar-refractivity contribution is -0.954. The van der Waals surface area contributed by atoms with Crippen LogP contribution in [0, 0.1) is 0 Å². The maximum absolute atomic E-state index is 11.5. The van der Waals surface area contributed by atoms with Crippen LogP contribution in [0.25, 0.3) is 0 Å². The molecule has 1 aliphatic rings. The molecule has 112 valence electrons. The smallest absolute Gasteiger partial charge is 0.365 e. The van der Waals surface area contributed by atoms with Crippen molar-refractivity contribution in [2.45, 2.75) is 24.8 Å². The van der Waals surface area contributed by atoms with Gasteiger partial charge in [-0.1, -0.05) is 0 Å². The fraction of sp³-hybridized carbons (Fsp3) is 0.636. The maximum atomic E-state index is 11.5. The molecule has 0 amide bonds. The molecule has 0 aromatic carbocycles. The molecule has 9 heteroatoms. The minimum atomic E-state index is -1.66. The minimum absolute atomic E-state index is 0.0656. The fourth-order valence-corrected chi connectivity index (χ4v) is 2.80. The van der Waals surface area contributed by atoms with E-state index < -0.39 is 53.5 Å². The number of carbonyl (C=O) groups is 4. The van der Waals surface area contributed by atoms with E-state index in [4.69, 9.17) is 15.3 Å². The van der Waals surface area contributed by atoms with Gasteiger partial charge < -0.3 is 20.4 Å². The van der Waals surface area contributed by atoms with E-state index in [1.165, 1.54) is 0 Å². The first-order chi connectivity index (χ1) is 9.15. The van der Waals surface area contributed by atoms with Crippen LogP contribution in [0.3, 0.4) is 0 Å². The van der Waals surface area contributed by atoms with Gasteiger partial charge in [-0.05, 0) is 6.42 Å². The molecular weight excluding hydrogens is 274 g/mol. The van der Waals surface area contributed by atoms with Gasteiger partial charge >= 0.3 is 23.9 Å². The van der Waals surface area contributed by atoms with E-state index in [1.807, 2.05) is 0 Å². The van der Waals surface area contributed by atoms with Gasteiger partial charge in [0, 0.05) is 12.8 Å². The molecule has 0 atom stereocenters. The Hall–Kier alpha value is -2.16. The summed E-state index contributed by atoms with van der Waals surface area (Å²) >= 11 is 0. The highest BCUT2D eigenvalue weighted by Crippen LogP contribution is 2.43. The Kier molecular flexibility index (Phi) is 4.33. The summed E-state index contributed by atoms with van der Waals surface area (Å²) in [5.41, 5.74) is -1.66. The van der Waals surface area contributed by atoms with Crippen molar-refractivity contribution < 1.29 is 44.1 Å². The van der Waals surface area contributed by atoms with Crippen molar-refractivity contribution in [2.24, 2.45) is 0 Å². The third-order valence-corrected chi connectivity index (χ3v) is 3.80. The van der Waals surface area contributed by atoms with Crippen LogP contribution in [-0.2, 0) is 19.2 Å². The van der Waals surface area contributed by atoms with Crippen LogP contribution in [0.4, 0.5) is 0 Å². The van der Waals surface area contributed by atoms with Crippen molar-refractivity contribution in [3.63, 3.8) is 0 Å². The largest absolute Gasteiger partial charge is 0.477 e. The van der Waals surface area contributed by atoms with Crippen LogP contribution in [0.1, 0.15) is 19.3 Å². The monoisotopic (exact) mass is 290 g/mol. The molecule has 9 nitrogen and oxygen atoms in total. The molecular formula is C11H16NO8+. The van der Waals surface area contributed by atoms with Crippen molar-refractivity contribution in [1.82, 2.24) is 0 Å². The highest BCUT2D eigenvalue weighted by Gasteiger charge is 2.63. The normalized spacial score (nSPS) is 17.0. The second-order valence-electron chi connectivity index (χ2n) is 4.99. The van der Waals surface area contributed by atoms with E-state index in [-0.39, 0.29) is 12.8 Å². The molecule has 0 aliphatic heterocycles. The number of hydrogen-bond acceptors (Lipinski definition) is 4. The van der Waals surface area contributed by atoms with Crippen molar-refractivity contribution in [2.75, 3.05) is 19.6 Å². The molecule has 20 heavy (non-hydrogen) atoms. The highest BCUT2D eigenvalue weighted by molar-refractivity contribution is 5.81. The Morgan fingerprint density at radius 3 is 1.30 bits per heavy atom. The second kappa shape index (κ2) is 5.45. The maximum Gasteiger partial charge on any atom is 0.365 e. The van der Waals surface area contributed by atoms with Gasteiger partial charge in [0.15, 0.2) is 25.2 Å². The Bertz CT molecular complexity index is 413. The first-order valence-electron chi connectivity index (χ1n) is 5.90. The third-order valence-electron chi connectivity index (χ3n) is 3.80. The quantitative estimate of drug-likeness (QED) is 0.418. The van der Waals surface area contributed by atoms with Crippen LogP contribution >= 0.6 is 0 Å². The molecule has 0 heterocycles. The predicted molar refractivity (Wildman–Crippen MR) is 62.0 cm³/mol. The molecule has 0 bridgehead atoms. The minimum Gasteiger partial charge on any atom is -0.477 e. The van der Waals surface area contributed by atoms with Gasteiger partial charge in [-0.15, -0.1) is 0 Å². The molecule has 1 fully saturated rings. The SMILES string of the molecule is O=C(O)C[N+](CC(=O)O)(CC(=O)O)C1(C(=O)O)CCC1. The molecule has 4 N–H and O–H groups in total. The summed E-state index contributed by atoms with van der Waals surface area (Å²) in [6.45, 7) is -2.57. The lowest BCUT2D eigenvalue weighted by Crippen LogP contribution is -2.74. The zero-order valence-corrected chi connectivity index (χ0v) is 10.6. The topological polar surface area (TPSA) is 149 Å². The van der Waals surface area contributed by atoms with Crippen LogP contribution in [-0.4, -0.2) is 74.0 Å². The molecule has 0 aromatic rings. The van der Waals surface area contributed by atoms with Gasteiger partial charge in [0.2, 0.25) is 0 Å². The van der Waals surface area contributed by atoms with Crippen LogP contribution in [0.15, 0.2) is 0 Å². The number of quaternary nitrogens is 1. The second-order valence-corrected chi connectivity index (χ2v) is 4.99. The summed E-state index contributed by atoms with van der Waals surface area (Å²) in [7, 11) is 0. The number of hydrogen-bond donors (Lipinski definition) is 4. The number of nitrogens with zero attached hydrogens (tertiary/aromatic N) is 1. The molecule has 0 aromatic heterocycles. The van der Waals surface area contributed by atoms with E-state index >= 15 is 0 Å². The van der Waals surface area contributed by atoms with E-state index in [9.17, 15) is 24.3 Å². The lowest BCUT2D eigenvalue weighted by Gasteiger charge is -2.52. The van der Waals surface area contributed by atoms with Gasteiger partial charge in [0.1, 0.15) is 0 Å². The number of carboxylic acid groups (broad SMARTS) is 4. The Balaban J connectivity index is 3.33. The van der Waals surface area contributed by atoms with Crippen molar-refractivity contribution >= 4 is 23.9 Å². The average molecular weight is 290 g/mol. The summed E-state index contributed by atoms with van der Waals surface area (Å²) in [6.07, 6.45) is 0.623. The number of carboxylic acids is 4. The number of aliphatic carboxylic acids is 4. The van der Waals surface area contributed by atoms with Gasteiger partial charge in [-0.3, -0.25) is 4.48 Å². The van der Waals surface area contributed by atoms with Gasteiger partial charge in [0.25, 0.3) is 0 Å². The summed E-state index contributed by atoms with van der Waals surface area (Å²) in [5, 5.41) is 36.2. The number of rotatable bonds is 8. The zero-order valence-electron chi connectivity index (χ0n) is 10.6. The summed E-state index contributed by atoms with van der Waals surface area (Å²) in [6, 6.07) is 0. The first-order valence-corrected chi connectivity index (χ1v) is 5.90. The van der Waals surface area contributed by atoms with E-state index in [0.29, 0.717) is 6.42 Å². The first kappa shape index (κ1) is 15.9. The summed E-state index contributed by atoms with van der Waals surface area (Å²) in [5.74, 6) is -5.65. The lowest BCUT2D eigenvalue weighted by atomic mass is 9.73. The molecule has 0 saturated heterocycles. The van der Waals surface area contributed by atoms with Crippen molar-refractivity contribution in [3.05, 3.63) is 0 Å². The van der Waals surface area contributed by atoms with E-state index in [2.05, 4.69) is 0 Å².